The molecule has 0 bridgehead atoms. The van der Waals surface area contributed by atoms with Crippen LogP contribution in [0.3, 0.4) is 0 Å². The van der Waals surface area contributed by atoms with Crippen LogP contribution in [0, 0.1) is 0 Å². The van der Waals surface area contributed by atoms with Crippen LogP contribution in [0.25, 0.3) is 33.1 Å². The summed E-state index contributed by atoms with van der Waals surface area (Å²) in [5, 5.41) is 15.2. The summed E-state index contributed by atoms with van der Waals surface area (Å²) in [6, 6.07) is 14.5. The number of aliphatic hydroxyl groups is 1. The van der Waals surface area contributed by atoms with Gasteiger partial charge in [0.05, 0.1) is 51.4 Å². The van der Waals surface area contributed by atoms with Gasteiger partial charge in [0.1, 0.15) is 0 Å². The number of esters is 1. The average molecular weight is 526 g/mol. The van der Waals surface area contributed by atoms with E-state index in [4.69, 9.17) is 9.72 Å². The molecule has 1 aliphatic carbocycles. The van der Waals surface area contributed by atoms with Crippen LogP contribution in [-0.4, -0.2) is 38.8 Å². The summed E-state index contributed by atoms with van der Waals surface area (Å²) < 4.78 is 7.04. The molecule has 1 fully saturated rings. The summed E-state index contributed by atoms with van der Waals surface area (Å²) in [6.45, 7) is 4.19. The fourth-order valence-electron chi connectivity index (χ4n) is 6.81. The molecule has 1 saturated carbocycles. The molecule has 7 heteroatoms. The Kier molecular flexibility index (Phi) is 5.64. The number of methoxy groups -OCH3 is 1. The smallest absolute Gasteiger partial charge is 0.337 e. The number of benzene rings is 2. The number of fused-ring (bicyclic) bond motifs is 6. The number of ether oxygens (including phenoxy) is 1. The number of aliphatic imine (C=N–C) groups is 1. The lowest BCUT2D eigenvalue weighted by atomic mass is 9.81. The molecule has 4 aromatic rings. The monoisotopic (exact) mass is 525 g/mol. The maximum absolute atomic E-state index is 12.4. The zero-order chi connectivity index (χ0) is 26.1. The Bertz CT molecular complexity index is 1650. The summed E-state index contributed by atoms with van der Waals surface area (Å²) in [7, 11) is 1.40. The summed E-state index contributed by atoms with van der Waals surface area (Å²) in [5.41, 5.74) is 7.64. The highest BCUT2D eigenvalue weighted by atomic mass is 32.2. The quantitative estimate of drug-likeness (QED) is 0.288. The second-order valence-corrected chi connectivity index (χ2v) is 12.2. The van der Waals surface area contributed by atoms with Crippen LogP contribution in [0.1, 0.15) is 90.5 Å². The van der Waals surface area contributed by atoms with Gasteiger partial charge in [-0.05, 0) is 68.5 Å². The molecule has 194 valence electrons. The van der Waals surface area contributed by atoms with Crippen molar-refractivity contribution in [1.82, 2.24) is 9.55 Å². The Morgan fingerprint density at radius 1 is 1.11 bits per heavy atom. The molecule has 2 aromatic carbocycles. The molecule has 2 aliphatic heterocycles. The molecule has 7 rings (SSSR count). The molecule has 3 unspecified atom stereocenters. The minimum Gasteiger partial charge on any atom is -0.465 e. The number of carbonyl (C=O) groups excluding carboxylic acids is 1. The van der Waals surface area contributed by atoms with Gasteiger partial charge in [0.25, 0.3) is 0 Å². The Labute approximate surface area is 226 Å². The maximum Gasteiger partial charge on any atom is 0.337 e. The van der Waals surface area contributed by atoms with Crippen LogP contribution in [0.15, 0.2) is 47.5 Å². The van der Waals surface area contributed by atoms with E-state index < -0.39 is 6.23 Å². The number of aromatic nitrogens is 2. The van der Waals surface area contributed by atoms with E-state index in [0.29, 0.717) is 11.5 Å². The van der Waals surface area contributed by atoms with E-state index in [9.17, 15) is 9.90 Å². The fraction of sp³-hybridized carbons (Fsp3) is 0.387. The first kappa shape index (κ1) is 23.9. The highest BCUT2D eigenvalue weighted by Crippen LogP contribution is 2.51. The standard InChI is InChI=1S/C31H31N3O3S/c1-16-29(38-17(2)32-16)24-12-10-19-13-22-23(15-25(19)33-24)30(35)34-26-14-20(31(36)37-3)9-11-21(26)27(28(22)34)18-7-5-4-6-8-18/h9-16,18,29-30,35H,4-8H2,1-3H3. The number of pyridine rings is 1. The molecule has 2 aromatic heterocycles. The molecule has 1 N–H and O–H groups in total. The lowest BCUT2D eigenvalue weighted by Crippen LogP contribution is -2.07. The second-order valence-electron chi connectivity index (χ2n) is 10.9. The molecule has 0 spiro atoms. The lowest BCUT2D eigenvalue weighted by molar-refractivity contribution is 0.0600. The molecular weight excluding hydrogens is 494 g/mol. The first-order chi connectivity index (χ1) is 18.4. The number of rotatable bonds is 3. The van der Waals surface area contributed by atoms with Crippen LogP contribution in [0.4, 0.5) is 0 Å². The Balaban J connectivity index is 1.42. The van der Waals surface area contributed by atoms with Crippen molar-refractivity contribution in [2.75, 3.05) is 7.11 Å². The number of nitrogens with zero attached hydrogens (tertiary/aromatic N) is 3. The molecule has 3 aliphatic rings. The minimum atomic E-state index is -0.840. The van der Waals surface area contributed by atoms with Gasteiger partial charge in [-0.3, -0.25) is 9.98 Å². The maximum atomic E-state index is 12.4. The molecule has 38 heavy (non-hydrogen) atoms. The first-order valence-electron chi connectivity index (χ1n) is 13.5. The summed E-state index contributed by atoms with van der Waals surface area (Å²) in [4.78, 5) is 22.1. The number of carbonyl (C=O) groups is 1. The summed E-state index contributed by atoms with van der Waals surface area (Å²) in [6.07, 6.45) is 5.17. The van der Waals surface area contributed by atoms with Crippen LogP contribution < -0.4 is 0 Å². The van der Waals surface area contributed by atoms with Crippen molar-refractivity contribution in [2.45, 2.75) is 69.4 Å². The minimum absolute atomic E-state index is 0.194. The van der Waals surface area contributed by atoms with Gasteiger partial charge in [0, 0.05) is 21.9 Å². The van der Waals surface area contributed by atoms with Gasteiger partial charge in [-0.2, -0.15) is 0 Å². The Hall–Kier alpha value is -3.16. The van der Waals surface area contributed by atoms with Gasteiger partial charge in [-0.25, -0.2) is 4.79 Å². The third-order valence-electron chi connectivity index (χ3n) is 8.55. The number of thioether (sulfide) groups is 1. The molecule has 0 amide bonds. The van der Waals surface area contributed by atoms with Gasteiger partial charge in [0.15, 0.2) is 6.23 Å². The zero-order valence-electron chi connectivity index (χ0n) is 21.9. The van der Waals surface area contributed by atoms with Gasteiger partial charge >= 0.3 is 5.97 Å². The summed E-state index contributed by atoms with van der Waals surface area (Å²) >= 11 is 1.77. The van der Waals surface area contributed by atoms with Crippen LogP contribution in [0.5, 0.6) is 0 Å². The highest BCUT2D eigenvalue weighted by Gasteiger charge is 2.36. The normalized spacial score (nSPS) is 23.1. The van der Waals surface area contributed by atoms with Crippen LogP contribution in [-0.2, 0) is 4.74 Å². The number of aliphatic hydroxyl groups excluding tert-OH is 1. The molecule has 0 saturated heterocycles. The van der Waals surface area contributed by atoms with Crippen molar-refractivity contribution in [1.29, 1.82) is 0 Å². The van der Waals surface area contributed by atoms with E-state index in [2.05, 4.69) is 43.1 Å². The van der Waals surface area contributed by atoms with E-state index in [1.54, 1.807) is 11.8 Å². The Morgan fingerprint density at radius 3 is 2.66 bits per heavy atom. The van der Waals surface area contributed by atoms with Crippen molar-refractivity contribution in [3.8, 4) is 11.3 Å². The van der Waals surface area contributed by atoms with E-state index in [0.717, 1.165) is 62.2 Å². The second kappa shape index (κ2) is 8.95. The Morgan fingerprint density at radius 2 is 1.92 bits per heavy atom. The predicted octanol–water partition coefficient (Wildman–Crippen LogP) is 7.14. The molecule has 0 radical (unpaired) electrons. The third kappa shape index (κ3) is 3.55. The van der Waals surface area contributed by atoms with Crippen LogP contribution in [0.2, 0.25) is 0 Å². The predicted molar refractivity (Wildman–Crippen MR) is 153 cm³/mol. The lowest BCUT2D eigenvalue weighted by Gasteiger charge is -2.23. The number of hydrogen-bond donors (Lipinski definition) is 1. The molecule has 6 nitrogen and oxygen atoms in total. The van der Waals surface area contributed by atoms with Crippen molar-refractivity contribution < 1.29 is 14.6 Å². The van der Waals surface area contributed by atoms with Crippen LogP contribution >= 0.6 is 11.8 Å². The van der Waals surface area contributed by atoms with Gasteiger partial charge in [0.2, 0.25) is 0 Å². The van der Waals surface area contributed by atoms with Crippen molar-refractivity contribution in [3.05, 3.63) is 64.8 Å². The zero-order valence-corrected chi connectivity index (χ0v) is 22.7. The molecule has 4 heterocycles. The topological polar surface area (TPSA) is 76.7 Å². The van der Waals surface area contributed by atoms with E-state index >= 15 is 0 Å². The number of hydrogen-bond acceptors (Lipinski definition) is 6. The van der Waals surface area contributed by atoms with E-state index in [1.165, 1.54) is 31.9 Å². The van der Waals surface area contributed by atoms with E-state index in [1.807, 2.05) is 22.8 Å². The SMILES string of the molecule is COC(=O)c1ccc2c(C3CCCCC3)c3n(c2c1)C(O)c1cc2nc(C4SC(C)=NC4C)ccc2cc1-3. The average Bonchev–Trinajstić information content (AvgIpc) is 3.55. The van der Waals surface area contributed by atoms with Crippen molar-refractivity contribution in [2.24, 2.45) is 4.99 Å². The van der Waals surface area contributed by atoms with Gasteiger partial charge < -0.3 is 14.4 Å². The summed E-state index contributed by atoms with van der Waals surface area (Å²) in [5.74, 6) is 0.0669. The van der Waals surface area contributed by atoms with E-state index in [-0.39, 0.29) is 17.3 Å². The highest BCUT2D eigenvalue weighted by molar-refractivity contribution is 8.14. The van der Waals surface area contributed by atoms with Gasteiger partial charge in [-0.15, -0.1) is 0 Å². The molecule has 3 atom stereocenters. The first-order valence-corrected chi connectivity index (χ1v) is 14.4. The fourth-order valence-corrected chi connectivity index (χ4v) is 7.91. The largest absolute Gasteiger partial charge is 0.465 e. The van der Waals surface area contributed by atoms with Gasteiger partial charge in [-0.1, -0.05) is 43.2 Å². The third-order valence-corrected chi connectivity index (χ3v) is 9.89. The van der Waals surface area contributed by atoms with Crippen molar-refractivity contribution in [3.63, 3.8) is 0 Å². The molecular formula is C31H31N3O3S. The van der Waals surface area contributed by atoms with Crippen molar-refractivity contribution >= 4 is 44.6 Å².